The Labute approximate surface area is 107 Å². The second kappa shape index (κ2) is 5.40. The third-order valence-electron chi connectivity index (χ3n) is 3.06. The summed E-state index contributed by atoms with van der Waals surface area (Å²) in [6.07, 6.45) is 1.10. The van der Waals surface area contributed by atoms with E-state index >= 15 is 0 Å². The van der Waals surface area contributed by atoms with Crippen LogP contribution in [0.15, 0.2) is 18.2 Å². The molecule has 0 amide bonds. The van der Waals surface area contributed by atoms with E-state index < -0.39 is 12.1 Å². The number of methoxy groups -OCH3 is 1. The lowest BCUT2D eigenvalue weighted by Crippen LogP contribution is -2.15. The summed E-state index contributed by atoms with van der Waals surface area (Å²) in [5, 5.41) is 9.92. The number of rotatable bonds is 5. The van der Waals surface area contributed by atoms with Crippen LogP contribution in [0, 0.1) is 12.8 Å². The monoisotopic (exact) mass is 250 g/mol. The fraction of sp³-hybridized carbons (Fsp3) is 0.500. The minimum atomic E-state index is -1.29. The van der Waals surface area contributed by atoms with E-state index in [9.17, 15) is 9.90 Å². The highest BCUT2D eigenvalue weighted by atomic mass is 16.5. The Kier molecular flexibility index (Phi) is 3.87. The van der Waals surface area contributed by atoms with Gasteiger partial charge in [0.05, 0.1) is 13.7 Å². The molecule has 1 aromatic carbocycles. The molecule has 1 atom stereocenters. The second-order valence-electron chi connectivity index (χ2n) is 4.72. The summed E-state index contributed by atoms with van der Waals surface area (Å²) < 4.78 is 10.2. The summed E-state index contributed by atoms with van der Waals surface area (Å²) >= 11 is 0. The average Bonchev–Trinajstić information content (AvgIpc) is 3.19. The largest absolute Gasteiger partial charge is 0.493 e. The van der Waals surface area contributed by atoms with Crippen molar-refractivity contribution in [1.29, 1.82) is 0 Å². The number of aliphatic hydroxyl groups excluding tert-OH is 1. The Balaban J connectivity index is 2.18. The van der Waals surface area contributed by atoms with E-state index in [1.165, 1.54) is 20.0 Å². The molecule has 4 heteroatoms. The molecule has 18 heavy (non-hydrogen) atoms. The molecular weight excluding hydrogens is 232 g/mol. The summed E-state index contributed by atoms with van der Waals surface area (Å²) in [5.41, 5.74) is 1.44. The number of carbonyl (C=O) groups excluding carboxylic acids is 1. The first kappa shape index (κ1) is 12.9. The van der Waals surface area contributed by atoms with Gasteiger partial charge in [0.1, 0.15) is 5.75 Å². The lowest BCUT2D eigenvalue weighted by Gasteiger charge is -2.15. The van der Waals surface area contributed by atoms with Gasteiger partial charge in [-0.05, 0) is 37.8 Å². The van der Waals surface area contributed by atoms with Crippen molar-refractivity contribution in [3.05, 3.63) is 29.3 Å². The highest BCUT2D eigenvalue weighted by Gasteiger charge is 2.25. The van der Waals surface area contributed by atoms with Crippen molar-refractivity contribution in [3.63, 3.8) is 0 Å². The van der Waals surface area contributed by atoms with Gasteiger partial charge >= 0.3 is 5.97 Å². The fourth-order valence-electron chi connectivity index (χ4n) is 1.74. The number of aryl methyl sites for hydroxylation is 1. The smallest absolute Gasteiger partial charge is 0.339 e. The van der Waals surface area contributed by atoms with Gasteiger partial charge in [-0.25, -0.2) is 4.79 Å². The van der Waals surface area contributed by atoms with Gasteiger partial charge < -0.3 is 14.6 Å². The molecule has 1 saturated carbocycles. The SMILES string of the molecule is COC(=O)C(O)c1cc(C)ccc1OCC1CC1. The maximum Gasteiger partial charge on any atom is 0.339 e. The van der Waals surface area contributed by atoms with Gasteiger partial charge in [0.25, 0.3) is 0 Å². The predicted molar refractivity (Wildman–Crippen MR) is 66.4 cm³/mol. The molecule has 98 valence electrons. The van der Waals surface area contributed by atoms with Gasteiger partial charge in [-0.1, -0.05) is 11.6 Å². The molecule has 1 unspecified atom stereocenters. The number of benzene rings is 1. The van der Waals surface area contributed by atoms with Crippen LogP contribution in [0.4, 0.5) is 0 Å². The summed E-state index contributed by atoms with van der Waals surface area (Å²) in [4.78, 5) is 11.4. The Hall–Kier alpha value is -1.55. The van der Waals surface area contributed by atoms with Crippen LogP contribution in [0.3, 0.4) is 0 Å². The van der Waals surface area contributed by atoms with Gasteiger partial charge in [-0.15, -0.1) is 0 Å². The highest BCUT2D eigenvalue weighted by molar-refractivity contribution is 5.77. The Morgan fingerprint density at radius 3 is 2.83 bits per heavy atom. The molecule has 1 N–H and O–H groups in total. The molecule has 1 aromatic rings. The van der Waals surface area contributed by atoms with Crippen molar-refractivity contribution in [2.45, 2.75) is 25.9 Å². The predicted octanol–water partition coefficient (Wildman–Crippen LogP) is 1.99. The lowest BCUT2D eigenvalue weighted by molar-refractivity contribution is -0.150. The molecule has 0 bridgehead atoms. The average molecular weight is 250 g/mol. The quantitative estimate of drug-likeness (QED) is 0.812. The third-order valence-corrected chi connectivity index (χ3v) is 3.06. The number of aliphatic hydroxyl groups is 1. The third kappa shape index (κ3) is 3.01. The number of hydrogen-bond donors (Lipinski definition) is 1. The fourth-order valence-corrected chi connectivity index (χ4v) is 1.74. The molecule has 0 heterocycles. The summed E-state index contributed by atoms with van der Waals surface area (Å²) in [7, 11) is 1.26. The van der Waals surface area contributed by atoms with Crippen LogP contribution in [-0.4, -0.2) is 24.8 Å². The van der Waals surface area contributed by atoms with Crippen LogP contribution < -0.4 is 4.74 Å². The number of ether oxygens (including phenoxy) is 2. The van der Waals surface area contributed by atoms with Crippen LogP contribution >= 0.6 is 0 Å². The highest BCUT2D eigenvalue weighted by Crippen LogP contribution is 2.32. The van der Waals surface area contributed by atoms with E-state index in [2.05, 4.69) is 4.74 Å². The maximum absolute atomic E-state index is 11.4. The van der Waals surface area contributed by atoms with Gasteiger partial charge in [0.15, 0.2) is 6.10 Å². The first-order valence-electron chi connectivity index (χ1n) is 6.11. The van der Waals surface area contributed by atoms with Crippen LogP contribution in [0.5, 0.6) is 5.75 Å². The number of hydrogen-bond acceptors (Lipinski definition) is 4. The minimum absolute atomic E-state index is 0.475. The van der Waals surface area contributed by atoms with E-state index in [1.807, 2.05) is 13.0 Å². The molecule has 1 fully saturated rings. The van der Waals surface area contributed by atoms with Crippen molar-refractivity contribution in [2.75, 3.05) is 13.7 Å². The zero-order valence-electron chi connectivity index (χ0n) is 10.7. The first-order chi connectivity index (χ1) is 8.61. The van der Waals surface area contributed by atoms with Gasteiger partial charge in [-0.3, -0.25) is 0 Å². The van der Waals surface area contributed by atoms with Crippen molar-refractivity contribution in [3.8, 4) is 5.75 Å². The Morgan fingerprint density at radius 2 is 2.22 bits per heavy atom. The molecule has 0 spiro atoms. The van der Waals surface area contributed by atoms with E-state index in [-0.39, 0.29) is 0 Å². The molecule has 1 aliphatic carbocycles. The summed E-state index contributed by atoms with van der Waals surface area (Å²) in [6.45, 7) is 2.54. The van der Waals surface area contributed by atoms with E-state index in [1.54, 1.807) is 12.1 Å². The normalized spacial score (nSPS) is 16.2. The molecule has 0 aliphatic heterocycles. The van der Waals surface area contributed by atoms with Gasteiger partial charge in [0, 0.05) is 5.56 Å². The first-order valence-corrected chi connectivity index (χ1v) is 6.11. The second-order valence-corrected chi connectivity index (χ2v) is 4.72. The number of esters is 1. The van der Waals surface area contributed by atoms with Crippen LogP contribution in [-0.2, 0) is 9.53 Å². The lowest BCUT2D eigenvalue weighted by atomic mass is 10.1. The Bertz CT molecular complexity index is 437. The van der Waals surface area contributed by atoms with E-state index in [4.69, 9.17) is 4.74 Å². The molecule has 4 nitrogen and oxygen atoms in total. The standard InChI is InChI=1S/C14H18O4/c1-9-3-6-12(18-8-10-4-5-10)11(7-9)13(15)14(16)17-2/h3,6-7,10,13,15H,4-5,8H2,1-2H3. The van der Waals surface area contributed by atoms with Crippen LogP contribution in [0.2, 0.25) is 0 Å². The van der Waals surface area contributed by atoms with Crippen molar-refractivity contribution in [1.82, 2.24) is 0 Å². The maximum atomic E-state index is 11.4. The zero-order chi connectivity index (χ0) is 13.1. The van der Waals surface area contributed by atoms with Gasteiger partial charge in [-0.2, -0.15) is 0 Å². The molecule has 1 aliphatic rings. The van der Waals surface area contributed by atoms with Crippen molar-refractivity contribution < 1.29 is 19.4 Å². The molecular formula is C14H18O4. The zero-order valence-corrected chi connectivity index (χ0v) is 10.7. The van der Waals surface area contributed by atoms with Crippen LogP contribution in [0.25, 0.3) is 0 Å². The Morgan fingerprint density at radius 1 is 1.50 bits per heavy atom. The molecule has 2 rings (SSSR count). The van der Waals surface area contributed by atoms with Gasteiger partial charge in [0.2, 0.25) is 0 Å². The minimum Gasteiger partial charge on any atom is -0.493 e. The van der Waals surface area contributed by atoms with Crippen molar-refractivity contribution in [2.24, 2.45) is 5.92 Å². The summed E-state index contributed by atoms with van der Waals surface area (Å²) in [6, 6.07) is 5.44. The summed E-state index contributed by atoms with van der Waals surface area (Å²) in [5.74, 6) is 0.511. The van der Waals surface area contributed by atoms with E-state index in [0.717, 1.165) is 5.56 Å². The van der Waals surface area contributed by atoms with Crippen LogP contribution in [0.1, 0.15) is 30.1 Å². The molecule has 0 saturated heterocycles. The van der Waals surface area contributed by atoms with Crippen molar-refractivity contribution >= 4 is 5.97 Å². The van der Waals surface area contributed by atoms with E-state index in [0.29, 0.717) is 23.8 Å². The topological polar surface area (TPSA) is 55.8 Å². The molecule has 0 radical (unpaired) electrons. The molecule has 0 aromatic heterocycles. The number of carbonyl (C=O) groups is 1.